The average molecular weight is 443 g/mol. The maximum Gasteiger partial charge on any atom is 0.356 e. The summed E-state index contributed by atoms with van der Waals surface area (Å²) < 4.78 is 6.10. The Morgan fingerprint density at radius 3 is 2.85 bits per heavy atom. The van der Waals surface area contributed by atoms with E-state index in [0.717, 1.165) is 55.5 Å². The van der Waals surface area contributed by atoms with E-state index in [4.69, 9.17) is 4.74 Å². The van der Waals surface area contributed by atoms with E-state index in [0.29, 0.717) is 24.4 Å². The molecule has 4 atom stereocenters. The molecule has 3 aromatic rings. The molecule has 0 aliphatic heterocycles. The lowest BCUT2D eigenvalue weighted by molar-refractivity contribution is 0.0685. The summed E-state index contributed by atoms with van der Waals surface area (Å²) in [7, 11) is 0. The van der Waals surface area contributed by atoms with E-state index in [2.05, 4.69) is 47.5 Å². The van der Waals surface area contributed by atoms with E-state index >= 15 is 0 Å². The van der Waals surface area contributed by atoms with Crippen LogP contribution in [0.25, 0.3) is 0 Å². The third-order valence-electron chi connectivity index (χ3n) is 8.78. The number of nitrogens with one attached hydrogen (secondary N) is 1. The summed E-state index contributed by atoms with van der Waals surface area (Å²) in [5.74, 6) is 1.66. The molecule has 0 spiro atoms. The van der Waals surface area contributed by atoms with Gasteiger partial charge in [0.2, 0.25) is 0 Å². The highest BCUT2D eigenvalue weighted by atomic mass is 16.5. The molecule has 3 unspecified atom stereocenters. The molecule has 0 saturated heterocycles. The molecule has 170 valence electrons. The zero-order valence-electron chi connectivity index (χ0n) is 19.0. The quantitative estimate of drug-likeness (QED) is 0.536. The monoisotopic (exact) mass is 442 g/mol. The molecule has 0 amide bonds. The molecule has 1 fully saturated rings. The molecule has 3 aliphatic carbocycles. The van der Waals surface area contributed by atoms with Crippen molar-refractivity contribution in [1.29, 1.82) is 0 Å². The van der Waals surface area contributed by atoms with Gasteiger partial charge in [-0.25, -0.2) is 4.79 Å². The van der Waals surface area contributed by atoms with Crippen LogP contribution in [0.15, 0.2) is 48.5 Å². The van der Waals surface area contributed by atoms with Crippen molar-refractivity contribution in [2.45, 2.75) is 63.4 Å². The van der Waals surface area contributed by atoms with Crippen molar-refractivity contribution < 1.29 is 14.6 Å². The summed E-state index contributed by atoms with van der Waals surface area (Å²) in [6.07, 6.45) is 6.34. The number of ether oxygens (including phenoxy) is 1. The number of carbonyl (C=O) groups is 1. The Kier molecular flexibility index (Phi) is 4.82. The van der Waals surface area contributed by atoms with Crippen molar-refractivity contribution in [1.82, 2.24) is 10.2 Å². The highest BCUT2D eigenvalue weighted by Gasteiger charge is 2.56. The Hall–Kier alpha value is -3.08. The summed E-state index contributed by atoms with van der Waals surface area (Å²) in [5.41, 5.74) is 6.45. The van der Waals surface area contributed by atoms with Gasteiger partial charge in [-0.3, -0.25) is 5.10 Å². The Bertz CT molecular complexity index is 1200. The van der Waals surface area contributed by atoms with Crippen LogP contribution in [0.1, 0.15) is 77.0 Å². The zero-order chi connectivity index (χ0) is 22.6. The predicted octanol–water partition coefficient (Wildman–Crippen LogP) is 5.65. The van der Waals surface area contributed by atoms with Crippen molar-refractivity contribution in [2.75, 3.05) is 0 Å². The van der Waals surface area contributed by atoms with Crippen LogP contribution >= 0.6 is 0 Å². The number of hydrogen-bond acceptors (Lipinski definition) is 3. The second-order valence-corrected chi connectivity index (χ2v) is 10.0. The summed E-state index contributed by atoms with van der Waals surface area (Å²) in [6.45, 7) is 2.85. The molecule has 0 radical (unpaired) electrons. The van der Waals surface area contributed by atoms with Gasteiger partial charge in [-0.05, 0) is 85.1 Å². The molecule has 3 aliphatic rings. The number of benzene rings is 2. The van der Waals surface area contributed by atoms with Gasteiger partial charge in [0.1, 0.15) is 12.4 Å². The first-order chi connectivity index (χ1) is 16.1. The van der Waals surface area contributed by atoms with Gasteiger partial charge in [-0.1, -0.05) is 43.3 Å². The van der Waals surface area contributed by atoms with Crippen LogP contribution in [0.2, 0.25) is 0 Å². The van der Waals surface area contributed by atoms with Crippen molar-refractivity contribution >= 4 is 5.97 Å². The first-order valence-electron chi connectivity index (χ1n) is 12.2. The number of carboxylic acids is 1. The fourth-order valence-electron chi connectivity index (χ4n) is 7.25. The number of rotatable bonds is 5. The van der Waals surface area contributed by atoms with Crippen molar-refractivity contribution in [3.63, 3.8) is 0 Å². The van der Waals surface area contributed by atoms with Gasteiger partial charge in [0.05, 0.1) is 0 Å². The lowest BCUT2D eigenvalue weighted by Crippen LogP contribution is -2.44. The lowest BCUT2D eigenvalue weighted by Gasteiger charge is -2.50. The van der Waals surface area contributed by atoms with E-state index in [1.807, 2.05) is 18.2 Å². The number of aromatic amines is 1. The van der Waals surface area contributed by atoms with Crippen LogP contribution < -0.4 is 4.74 Å². The first kappa shape index (κ1) is 20.5. The number of H-pyrrole nitrogens is 1. The number of carboxylic acid groups (broad SMARTS) is 1. The van der Waals surface area contributed by atoms with Crippen LogP contribution in [-0.2, 0) is 24.9 Å². The maximum atomic E-state index is 11.7. The molecule has 2 aromatic carbocycles. The molecule has 0 bridgehead atoms. The third-order valence-corrected chi connectivity index (χ3v) is 8.78. The highest BCUT2D eigenvalue weighted by Crippen LogP contribution is 2.61. The number of fused-ring (bicyclic) bond motifs is 7. The smallest absolute Gasteiger partial charge is 0.356 e. The summed E-state index contributed by atoms with van der Waals surface area (Å²) >= 11 is 0. The first-order valence-corrected chi connectivity index (χ1v) is 12.2. The van der Waals surface area contributed by atoms with Crippen LogP contribution in [0, 0.1) is 11.8 Å². The van der Waals surface area contributed by atoms with Crippen LogP contribution in [0.5, 0.6) is 5.75 Å². The molecule has 33 heavy (non-hydrogen) atoms. The third kappa shape index (κ3) is 3.12. The minimum atomic E-state index is -0.911. The lowest BCUT2D eigenvalue weighted by atomic mass is 9.54. The fourth-order valence-corrected chi connectivity index (χ4v) is 7.25. The molecule has 1 aromatic heterocycles. The van der Waals surface area contributed by atoms with Gasteiger partial charge in [-0.15, -0.1) is 0 Å². The molecule has 5 heteroatoms. The van der Waals surface area contributed by atoms with Gasteiger partial charge >= 0.3 is 5.97 Å². The van der Waals surface area contributed by atoms with Gasteiger partial charge in [0.15, 0.2) is 5.69 Å². The van der Waals surface area contributed by atoms with Crippen LogP contribution in [0.4, 0.5) is 0 Å². The summed E-state index contributed by atoms with van der Waals surface area (Å²) in [4.78, 5) is 11.7. The van der Waals surface area contributed by atoms with E-state index in [9.17, 15) is 9.90 Å². The normalized spacial score (nSPS) is 27.2. The Labute approximate surface area is 194 Å². The van der Waals surface area contributed by atoms with Gasteiger partial charge in [0.25, 0.3) is 0 Å². The molecular weight excluding hydrogens is 412 g/mol. The minimum absolute atomic E-state index is 0.0490. The van der Waals surface area contributed by atoms with Crippen LogP contribution in [0.3, 0.4) is 0 Å². The van der Waals surface area contributed by atoms with Crippen LogP contribution in [-0.4, -0.2) is 21.3 Å². The van der Waals surface area contributed by atoms with Gasteiger partial charge in [-0.2, -0.15) is 5.10 Å². The summed E-state index contributed by atoms with van der Waals surface area (Å²) in [5, 5.41) is 17.0. The molecule has 2 N–H and O–H groups in total. The average Bonchev–Trinajstić information content (AvgIpc) is 3.41. The largest absolute Gasteiger partial charge is 0.489 e. The Balaban J connectivity index is 1.26. The zero-order valence-corrected chi connectivity index (χ0v) is 19.0. The standard InChI is InChI=1S/C28H30N2O3/c1-2-28-13-12-21-20-11-9-19(33-16-17-6-4-3-5-7-17)14-18(20)8-10-22(21)24(28)15-23-25(27(31)32)29-30-26(23)28/h3-7,9,11,14,21-22,24H,2,8,10,12-13,15-16H2,1H3,(H,29,30)(H,31,32)/t21?,22?,24?,28-/m0/s1. The molecular formula is C28H30N2O3. The summed E-state index contributed by atoms with van der Waals surface area (Å²) in [6, 6.07) is 17.0. The number of aromatic nitrogens is 2. The Morgan fingerprint density at radius 1 is 1.21 bits per heavy atom. The number of aromatic carboxylic acids is 1. The van der Waals surface area contributed by atoms with Crippen molar-refractivity contribution in [3.05, 3.63) is 82.2 Å². The fraction of sp³-hybridized carbons (Fsp3) is 0.429. The minimum Gasteiger partial charge on any atom is -0.489 e. The molecule has 1 saturated carbocycles. The number of aryl methyl sites for hydroxylation is 1. The van der Waals surface area contributed by atoms with Crippen molar-refractivity contribution in [3.8, 4) is 5.75 Å². The predicted molar refractivity (Wildman–Crippen MR) is 126 cm³/mol. The number of nitrogens with zero attached hydrogens (tertiary/aromatic N) is 1. The van der Waals surface area contributed by atoms with E-state index in [-0.39, 0.29) is 11.1 Å². The van der Waals surface area contributed by atoms with E-state index < -0.39 is 5.97 Å². The second-order valence-electron chi connectivity index (χ2n) is 10.0. The SMILES string of the molecule is CC[C@]12CCC3c4ccc(OCc5ccccc5)cc4CCC3C1Cc1c(C(=O)O)n[nH]c12. The molecule has 6 rings (SSSR count). The van der Waals surface area contributed by atoms with Gasteiger partial charge in [0, 0.05) is 16.7 Å². The van der Waals surface area contributed by atoms with E-state index in [1.54, 1.807) is 0 Å². The number of hydrogen-bond donors (Lipinski definition) is 2. The topological polar surface area (TPSA) is 75.2 Å². The van der Waals surface area contributed by atoms with E-state index in [1.165, 1.54) is 16.7 Å². The molecule has 1 heterocycles. The van der Waals surface area contributed by atoms with Gasteiger partial charge < -0.3 is 9.84 Å². The highest BCUT2D eigenvalue weighted by molar-refractivity contribution is 5.87. The van der Waals surface area contributed by atoms with Crippen molar-refractivity contribution in [2.24, 2.45) is 11.8 Å². The molecule has 5 nitrogen and oxygen atoms in total. The Morgan fingerprint density at radius 2 is 2.06 bits per heavy atom. The maximum absolute atomic E-state index is 11.7. The second kappa shape index (κ2) is 7.75.